The van der Waals surface area contributed by atoms with Gasteiger partial charge in [0.1, 0.15) is 5.56 Å². The van der Waals surface area contributed by atoms with Gasteiger partial charge >= 0.3 is 0 Å². The molecule has 0 radical (unpaired) electrons. The third-order valence-electron chi connectivity index (χ3n) is 3.35. The molecule has 3 heterocycles. The van der Waals surface area contributed by atoms with E-state index in [9.17, 15) is 14.7 Å². The molecule has 2 aromatic rings. The maximum Gasteiger partial charge on any atom is 0.284 e. The Morgan fingerprint density at radius 3 is 2.91 bits per heavy atom. The second-order valence-electron chi connectivity index (χ2n) is 4.86. The number of carbonyl (C=O) groups is 1. The highest BCUT2D eigenvalue weighted by Gasteiger charge is 2.28. The van der Waals surface area contributed by atoms with Gasteiger partial charge in [0.2, 0.25) is 0 Å². The lowest BCUT2D eigenvalue weighted by Crippen LogP contribution is -2.44. The zero-order valence-electron chi connectivity index (χ0n) is 11.5. The van der Waals surface area contributed by atoms with Gasteiger partial charge in [-0.1, -0.05) is 0 Å². The van der Waals surface area contributed by atoms with E-state index in [1.807, 2.05) is 0 Å². The van der Waals surface area contributed by atoms with Gasteiger partial charge in [-0.25, -0.2) is 0 Å². The van der Waals surface area contributed by atoms with Crippen LogP contribution in [0.15, 0.2) is 41.6 Å². The minimum atomic E-state index is -0.772. The van der Waals surface area contributed by atoms with Crippen LogP contribution in [-0.2, 0) is 4.74 Å². The lowest BCUT2D eigenvalue weighted by Gasteiger charge is -2.14. The van der Waals surface area contributed by atoms with Crippen LogP contribution in [0.3, 0.4) is 0 Å². The molecule has 2 atom stereocenters. The SMILES string of the molecule is O=C(NC1COCC1O)c1ccnn(-c2cccnc2)c1=O. The van der Waals surface area contributed by atoms with Crippen LogP contribution in [0, 0.1) is 0 Å². The van der Waals surface area contributed by atoms with Gasteiger partial charge in [-0.2, -0.15) is 9.78 Å². The summed E-state index contributed by atoms with van der Waals surface area (Å²) >= 11 is 0. The Bertz CT molecular complexity index is 731. The third kappa shape index (κ3) is 2.74. The summed E-state index contributed by atoms with van der Waals surface area (Å²) in [5, 5.41) is 16.2. The minimum absolute atomic E-state index is 0.0575. The van der Waals surface area contributed by atoms with E-state index < -0.39 is 23.6 Å². The molecule has 1 amide bonds. The maximum absolute atomic E-state index is 12.4. The molecule has 0 saturated carbocycles. The number of rotatable bonds is 3. The van der Waals surface area contributed by atoms with Gasteiger partial charge in [0.05, 0.1) is 37.2 Å². The van der Waals surface area contributed by atoms with Crippen LogP contribution >= 0.6 is 0 Å². The van der Waals surface area contributed by atoms with E-state index in [0.717, 1.165) is 4.68 Å². The predicted molar refractivity (Wildman–Crippen MR) is 75.7 cm³/mol. The molecule has 2 unspecified atom stereocenters. The van der Waals surface area contributed by atoms with Crippen molar-refractivity contribution < 1.29 is 14.6 Å². The fraction of sp³-hybridized carbons (Fsp3) is 0.286. The van der Waals surface area contributed by atoms with Gasteiger partial charge in [-0.05, 0) is 18.2 Å². The fourth-order valence-corrected chi connectivity index (χ4v) is 2.18. The number of aliphatic hydroxyl groups excluding tert-OH is 1. The molecule has 1 fully saturated rings. The molecule has 1 aliphatic rings. The number of nitrogens with one attached hydrogen (secondary N) is 1. The Hall–Kier alpha value is -2.58. The Balaban J connectivity index is 1.88. The van der Waals surface area contributed by atoms with Crippen LogP contribution < -0.4 is 10.9 Å². The molecule has 3 rings (SSSR count). The van der Waals surface area contributed by atoms with Gasteiger partial charge in [-0.3, -0.25) is 14.6 Å². The zero-order chi connectivity index (χ0) is 15.5. The van der Waals surface area contributed by atoms with Crippen molar-refractivity contribution in [3.63, 3.8) is 0 Å². The minimum Gasteiger partial charge on any atom is -0.388 e. The second-order valence-corrected chi connectivity index (χ2v) is 4.86. The number of carbonyl (C=O) groups excluding carboxylic acids is 1. The lowest BCUT2D eigenvalue weighted by atomic mass is 10.2. The topological polar surface area (TPSA) is 106 Å². The number of ether oxygens (including phenoxy) is 1. The Kier molecular flexibility index (Phi) is 3.94. The summed E-state index contributed by atoms with van der Waals surface area (Å²) < 4.78 is 6.16. The van der Waals surface area contributed by atoms with Crippen LogP contribution in [0.25, 0.3) is 5.69 Å². The molecule has 2 N–H and O–H groups in total. The van der Waals surface area contributed by atoms with E-state index in [4.69, 9.17) is 4.74 Å². The fourth-order valence-electron chi connectivity index (χ4n) is 2.18. The molecule has 1 saturated heterocycles. The largest absolute Gasteiger partial charge is 0.388 e. The molecule has 8 heteroatoms. The third-order valence-corrected chi connectivity index (χ3v) is 3.35. The van der Waals surface area contributed by atoms with E-state index in [2.05, 4.69) is 15.4 Å². The highest BCUT2D eigenvalue weighted by Crippen LogP contribution is 2.06. The highest BCUT2D eigenvalue weighted by atomic mass is 16.5. The number of aromatic nitrogens is 3. The van der Waals surface area contributed by atoms with Crippen molar-refractivity contribution in [3.8, 4) is 5.69 Å². The summed E-state index contributed by atoms with van der Waals surface area (Å²) in [7, 11) is 0. The summed E-state index contributed by atoms with van der Waals surface area (Å²) in [6, 6.07) is 4.15. The smallest absolute Gasteiger partial charge is 0.284 e. The number of hydrogen-bond donors (Lipinski definition) is 2. The average molecular weight is 302 g/mol. The van der Waals surface area contributed by atoms with Crippen LogP contribution in [0.2, 0.25) is 0 Å². The molecule has 0 aromatic carbocycles. The van der Waals surface area contributed by atoms with Crippen LogP contribution in [-0.4, -0.2) is 51.1 Å². The molecule has 1 aliphatic heterocycles. The summed E-state index contributed by atoms with van der Waals surface area (Å²) in [6.07, 6.45) is 3.65. The van der Waals surface area contributed by atoms with Gasteiger partial charge in [0.25, 0.3) is 11.5 Å². The Morgan fingerprint density at radius 2 is 2.23 bits per heavy atom. The average Bonchev–Trinajstić information content (AvgIpc) is 2.93. The Morgan fingerprint density at radius 1 is 1.36 bits per heavy atom. The van der Waals surface area contributed by atoms with Crippen molar-refractivity contribution >= 4 is 5.91 Å². The summed E-state index contributed by atoms with van der Waals surface area (Å²) in [5.41, 5.74) is -0.147. The van der Waals surface area contributed by atoms with Crippen molar-refractivity contribution in [2.45, 2.75) is 12.1 Å². The molecule has 114 valence electrons. The van der Waals surface area contributed by atoms with Crippen LogP contribution in [0.1, 0.15) is 10.4 Å². The van der Waals surface area contributed by atoms with Crippen molar-refractivity contribution in [2.75, 3.05) is 13.2 Å². The lowest BCUT2D eigenvalue weighted by molar-refractivity contribution is 0.0884. The van der Waals surface area contributed by atoms with Crippen LogP contribution in [0.4, 0.5) is 0 Å². The standard InChI is InChI=1S/C14H14N4O4/c19-12-8-22-7-11(12)17-13(20)10-3-5-16-18(14(10)21)9-2-1-4-15-6-9/h1-6,11-12,19H,7-8H2,(H,17,20). The monoisotopic (exact) mass is 302 g/mol. The van der Waals surface area contributed by atoms with E-state index in [1.54, 1.807) is 18.3 Å². The number of aliphatic hydroxyl groups is 1. The molecule has 8 nitrogen and oxygen atoms in total. The first kappa shape index (κ1) is 14.4. The van der Waals surface area contributed by atoms with Crippen molar-refractivity contribution in [2.24, 2.45) is 0 Å². The molecular weight excluding hydrogens is 288 g/mol. The van der Waals surface area contributed by atoms with E-state index >= 15 is 0 Å². The Labute approximate surface area is 125 Å². The number of pyridine rings is 1. The van der Waals surface area contributed by atoms with E-state index in [0.29, 0.717) is 5.69 Å². The predicted octanol–water partition coefficient (Wildman–Crippen LogP) is -0.883. The molecular formula is C14H14N4O4. The molecule has 0 spiro atoms. The molecule has 22 heavy (non-hydrogen) atoms. The second kappa shape index (κ2) is 6.04. The van der Waals surface area contributed by atoms with Gasteiger partial charge in [0.15, 0.2) is 0 Å². The van der Waals surface area contributed by atoms with Crippen molar-refractivity contribution in [1.82, 2.24) is 20.1 Å². The molecule has 2 aromatic heterocycles. The van der Waals surface area contributed by atoms with Crippen molar-refractivity contribution in [1.29, 1.82) is 0 Å². The summed E-state index contributed by atoms with van der Waals surface area (Å²) in [4.78, 5) is 28.5. The van der Waals surface area contributed by atoms with Gasteiger partial charge in [0, 0.05) is 12.4 Å². The normalized spacial score (nSPS) is 20.8. The molecule has 0 bridgehead atoms. The van der Waals surface area contributed by atoms with Crippen LogP contribution in [0.5, 0.6) is 0 Å². The van der Waals surface area contributed by atoms with E-state index in [-0.39, 0.29) is 18.8 Å². The number of amides is 1. The number of nitrogens with zero attached hydrogens (tertiary/aromatic N) is 3. The number of hydrogen-bond acceptors (Lipinski definition) is 6. The van der Waals surface area contributed by atoms with Gasteiger partial charge in [-0.15, -0.1) is 0 Å². The van der Waals surface area contributed by atoms with E-state index in [1.165, 1.54) is 18.5 Å². The summed E-state index contributed by atoms with van der Waals surface area (Å²) in [6.45, 7) is 0.385. The first-order valence-corrected chi connectivity index (χ1v) is 6.72. The highest BCUT2D eigenvalue weighted by molar-refractivity contribution is 5.94. The van der Waals surface area contributed by atoms with Gasteiger partial charge < -0.3 is 15.2 Å². The molecule has 0 aliphatic carbocycles. The summed E-state index contributed by atoms with van der Waals surface area (Å²) in [5.74, 6) is -0.570. The first-order valence-electron chi connectivity index (χ1n) is 6.72. The zero-order valence-corrected chi connectivity index (χ0v) is 11.5. The van der Waals surface area contributed by atoms with Crippen molar-refractivity contribution in [3.05, 3.63) is 52.7 Å². The quantitative estimate of drug-likeness (QED) is 0.762. The first-order chi connectivity index (χ1) is 10.7. The maximum atomic E-state index is 12.4.